The predicted octanol–water partition coefficient (Wildman–Crippen LogP) is 3.14. The van der Waals surface area contributed by atoms with E-state index in [0.717, 1.165) is 6.42 Å². The Hall–Kier alpha value is -0.230. The number of hydrogen-bond donors (Lipinski definition) is 0. The number of halogens is 1. The maximum Gasteiger partial charge on any atom is 0.0686 e. The summed E-state index contributed by atoms with van der Waals surface area (Å²) in [4.78, 5) is -0.116. The van der Waals surface area contributed by atoms with Gasteiger partial charge < -0.3 is 0 Å². The first-order chi connectivity index (χ1) is 4.65. The summed E-state index contributed by atoms with van der Waals surface area (Å²) in [5, 5.41) is 0. The van der Waals surface area contributed by atoms with Crippen molar-refractivity contribution in [3.05, 3.63) is 24.3 Å². The van der Waals surface area contributed by atoms with Crippen molar-refractivity contribution in [2.75, 3.05) is 0 Å². The Bertz CT molecular complexity index is 168. The molecule has 1 atom stereocenters. The molecule has 56 valence electrons. The summed E-state index contributed by atoms with van der Waals surface area (Å²) in [7, 11) is 0. The maximum atomic E-state index is 6.27. The van der Waals surface area contributed by atoms with Crippen LogP contribution in [0.25, 0.3) is 0 Å². The van der Waals surface area contributed by atoms with E-state index in [4.69, 9.17) is 11.6 Å². The molecule has 0 fully saturated rings. The van der Waals surface area contributed by atoms with Crippen LogP contribution in [0.1, 0.15) is 20.3 Å². The summed E-state index contributed by atoms with van der Waals surface area (Å²) >= 11 is 6.27. The lowest BCUT2D eigenvalue weighted by Crippen LogP contribution is -2.25. The third-order valence-corrected chi connectivity index (χ3v) is 2.73. The lowest BCUT2D eigenvalue weighted by Gasteiger charge is -2.27. The first-order valence-electron chi connectivity index (χ1n) is 3.68. The molecule has 0 bridgehead atoms. The van der Waals surface area contributed by atoms with E-state index < -0.39 is 0 Å². The summed E-state index contributed by atoms with van der Waals surface area (Å²) < 4.78 is 0. The van der Waals surface area contributed by atoms with Crippen LogP contribution in [0.4, 0.5) is 0 Å². The Morgan fingerprint density at radius 2 is 2.10 bits per heavy atom. The van der Waals surface area contributed by atoms with Crippen LogP contribution in [-0.4, -0.2) is 4.87 Å². The number of allylic oxidation sites excluding steroid dienone is 4. The average molecular weight is 157 g/mol. The largest absolute Gasteiger partial charge is 0.114 e. The van der Waals surface area contributed by atoms with Crippen LogP contribution in [0.2, 0.25) is 0 Å². The fourth-order valence-corrected chi connectivity index (χ4v) is 1.20. The molecule has 0 aliphatic heterocycles. The van der Waals surface area contributed by atoms with Crippen LogP contribution in [-0.2, 0) is 0 Å². The molecule has 0 aromatic rings. The SMILES string of the molecule is CC(C)C1(Cl)C=CC=CC1. The summed E-state index contributed by atoms with van der Waals surface area (Å²) in [5.74, 6) is 0.510. The molecule has 0 amide bonds. The summed E-state index contributed by atoms with van der Waals surface area (Å²) in [6.07, 6.45) is 9.23. The molecule has 0 N–H and O–H groups in total. The lowest BCUT2D eigenvalue weighted by atomic mass is 9.89. The van der Waals surface area contributed by atoms with E-state index >= 15 is 0 Å². The van der Waals surface area contributed by atoms with E-state index in [9.17, 15) is 0 Å². The molecule has 0 heterocycles. The van der Waals surface area contributed by atoms with E-state index in [2.05, 4.69) is 26.0 Å². The minimum atomic E-state index is -0.116. The van der Waals surface area contributed by atoms with Gasteiger partial charge in [0.1, 0.15) is 0 Å². The monoisotopic (exact) mass is 156 g/mol. The third-order valence-electron chi connectivity index (χ3n) is 2.01. The highest BCUT2D eigenvalue weighted by Crippen LogP contribution is 2.32. The molecule has 0 spiro atoms. The van der Waals surface area contributed by atoms with Crippen molar-refractivity contribution in [1.82, 2.24) is 0 Å². The minimum absolute atomic E-state index is 0.116. The highest BCUT2D eigenvalue weighted by molar-refractivity contribution is 6.25. The van der Waals surface area contributed by atoms with E-state index in [1.807, 2.05) is 12.2 Å². The Balaban J connectivity index is 2.70. The zero-order valence-corrected chi connectivity index (χ0v) is 7.23. The molecular weight excluding hydrogens is 144 g/mol. The second-order valence-corrected chi connectivity index (χ2v) is 3.78. The Morgan fingerprint density at radius 3 is 2.40 bits per heavy atom. The van der Waals surface area contributed by atoms with Gasteiger partial charge in [0.05, 0.1) is 4.87 Å². The first kappa shape index (κ1) is 7.87. The van der Waals surface area contributed by atoms with Gasteiger partial charge in [-0.15, -0.1) is 11.6 Å². The molecule has 10 heavy (non-hydrogen) atoms. The van der Waals surface area contributed by atoms with E-state index in [-0.39, 0.29) is 4.87 Å². The molecule has 0 nitrogen and oxygen atoms in total. The summed E-state index contributed by atoms with van der Waals surface area (Å²) in [6.45, 7) is 4.30. The van der Waals surface area contributed by atoms with Crippen LogP contribution in [0.3, 0.4) is 0 Å². The van der Waals surface area contributed by atoms with Crippen molar-refractivity contribution in [1.29, 1.82) is 0 Å². The summed E-state index contributed by atoms with van der Waals surface area (Å²) in [5.41, 5.74) is 0. The van der Waals surface area contributed by atoms with E-state index in [0.29, 0.717) is 5.92 Å². The Kier molecular flexibility index (Phi) is 2.20. The van der Waals surface area contributed by atoms with Crippen LogP contribution in [0.15, 0.2) is 24.3 Å². The van der Waals surface area contributed by atoms with Crippen molar-refractivity contribution in [3.8, 4) is 0 Å². The topological polar surface area (TPSA) is 0 Å². The summed E-state index contributed by atoms with van der Waals surface area (Å²) in [6, 6.07) is 0. The zero-order chi connectivity index (χ0) is 7.61. The quantitative estimate of drug-likeness (QED) is 0.512. The van der Waals surface area contributed by atoms with Gasteiger partial charge in [0, 0.05) is 0 Å². The molecular formula is C9H13Cl. The van der Waals surface area contributed by atoms with Gasteiger partial charge in [-0.2, -0.15) is 0 Å². The molecule has 1 aliphatic carbocycles. The molecule has 0 aromatic carbocycles. The number of alkyl halides is 1. The van der Waals surface area contributed by atoms with Gasteiger partial charge in [-0.05, 0) is 12.3 Å². The van der Waals surface area contributed by atoms with Gasteiger partial charge >= 0.3 is 0 Å². The van der Waals surface area contributed by atoms with Crippen LogP contribution < -0.4 is 0 Å². The van der Waals surface area contributed by atoms with Crippen LogP contribution in [0, 0.1) is 5.92 Å². The average Bonchev–Trinajstić information content (AvgIpc) is 1.89. The molecule has 1 unspecified atom stereocenters. The van der Waals surface area contributed by atoms with Crippen LogP contribution >= 0.6 is 11.6 Å². The highest BCUT2D eigenvalue weighted by atomic mass is 35.5. The molecule has 0 saturated heterocycles. The smallest absolute Gasteiger partial charge is 0.0686 e. The minimum Gasteiger partial charge on any atom is -0.114 e. The number of rotatable bonds is 1. The fraction of sp³-hybridized carbons (Fsp3) is 0.556. The zero-order valence-electron chi connectivity index (χ0n) is 6.47. The molecule has 1 aliphatic rings. The van der Waals surface area contributed by atoms with Crippen molar-refractivity contribution in [2.24, 2.45) is 5.92 Å². The Labute approximate surface area is 67.6 Å². The van der Waals surface area contributed by atoms with Gasteiger partial charge in [0.25, 0.3) is 0 Å². The molecule has 0 aromatic heterocycles. The van der Waals surface area contributed by atoms with Gasteiger partial charge in [-0.25, -0.2) is 0 Å². The van der Waals surface area contributed by atoms with Crippen LogP contribution in [0.5, 0.6) is 0 Å². The standard InChI is InChI=1S/C9H13Cl/c1-8(2)9(10)6-4-3-5-7-9/h3-6,8H,7H2,1-2H3. The lowest BCUT2D eigenvalue weighted by molar-refractivity contribution is 0.502. The second kappa shape index (κ2) is 2.79. The van der Waals surface area contributed by atoms with E-state index in [1.54, 1.807) is 0 Å². The van der Waals surface area contributed by atoms with Crippen molar-refractivity contribution in [2.45, 2.75) is 25.1 Å². The maximum absolute atomic E-state index is 6.27. The first-order valence-corrected chi connectivity index (χ1v) is 4.06. The van der Waals surface area contributed by atoms with Gasteiger partial charge in [-0.3, -0.25) is 0 Å². The highest BCUT2D eigenvalue weighted by Gasteiger charge is 2.27. The third kappa shape index (κ3) is 1.43. The Morgan fingerprint density at radius 1 is 1.40 bits per heavy atom. The van der Waals surface area contributed by atoms with Gasteiger partial charge in [-0.1, -0.05) is 38.2 Å². The van der Waals surface area contributed by atoms with Crippen molar-refractivity contribution >= 4 is 11.6 Å². The molecule has 1 rings (SSSR count). The van der Waals surface area contributed by atoms with Crippen molar-refractivity contribution in [3.63, 3.8) is 0 Å². The van der Waals surface area contributed by atoms with E-state index in [1.165, 1.54) is 0 Å². The van der Waals surface area contributed by atoms with Crippen molar-refractivity contribution < 1.29 is 0 Å². The predicted molar refractivity (Wildman–Crippen MR) is 46.3 cm³/mol. The van der Waals surface area contributed by atoms with Gasteiger partial charge in [0.15, 0.2) is 0 Å². The molecule has 0 radical (unpaired) electrons. The normalized spacial score (nSPS) is 31.6. The number of hydrogen-bond acceptors (Lipinski definition) is 0. The fourth-order valence-electron chi connectivity index (χ4n) is 1.04. The second-order valence-electron chi connectivity index (χ2n) is 3.07. The molecule has 1 heteroatoms. The van der Waals surface area contributed by atoms with Gasteiger partial charge in [0.2, 0.25) is 0 Å². The molecule has 0 saturated carbocycles.